The van der Waals surface area contributed by atoms with E-state index in [-0.39, 0.29) is 6.04 Å². The predicted octanol–water partition coefficient (Wildman–Crippen LogP) is 3.15. The van der Waals surface area contributed by atoms with Gasteiger partial charge in [-0.3, -0.25) is 4.98 Å². The first-order valence-corrected chi connectivity index (χ1v) is 5.69. The Balaban J connectivity index is 2.17. The molecular formula is C14H17N3. The fourth-order valence-corrected chi connectivity index (χ4v) is 1.94. The normalized spacial score (nSPS) is 12.1. The second-order valence-electron chi connectivity index (χ2n) is 4.23. The van der Waals surface area contributed by atoms with Gasteiger partial charge in [-0.15, -0.1) is 0 Å². The molecule has 1 aromatic carbocycles. The molecule has 1 unspecified atom stereocenters. The molecule has 0 fully saturated rings. The van der Waals surface area contributed by atoms with Crippen LogP contribution in [0.5, 0.6) is 0 Å². The number of hydrogen-bond acceptors (Lipinski definition) is 3. The summed E-state index contributed by atoms with van der Waals surface area (Å²) in [5.41, 5.74) is 9.89. The van der Waals surface area contributed by atoms with Crippen LogP contribution in [0.3, 0.4) is 0 Å². The van der Waals surface area contributed by atoms with Crippen LogP contribution < -0.4 is 11.1 Å². The molecule has 3 N–H and O–H groups in total. The first kappa shape index (κ1) is 11.5. The SMILES string of the molecule is Cc1ccccc1C(C)Nc1cncc(N)c1. The van der Waals surface area contributed by atoms with E-state index in [9.17, 15) is 0 Å². The molecule has 0 saturated carbocycles. The van der Waals surface area contributed by atoms with E-state index in [1.165, 1.54) is 11.1 Å². The lowest BCUT2D eigenvalue weighted by Crippen LogP contribution is -2.08. The van der Waals surface area contributed by atoms with Crippen molar-refractivity contribution in [1.82, 2.24) is 4.98 Å². The average Bonchev–Trinajstić information content (AvgIpc) is 2.29. The Morgan fingerprint density at radius 3 is 2.71 bits per heavy atom. The monoisotopic (exact) mass is 227 g/mol. The predicted molar refractivity (Wildman–Crippen MR) is 71.9 cm³/mol. The van der Waals surface area contributed by atoms with Crippen LogP contribution in [0.1, 0.15) is 24.1 Å². The quantitative estimate of drug-likeness (QED) is 0.847. The van der Waals surface area contributed by atoms with Gasteiger partial charge in [-0.25, -0.2) is 0 Å². The third kappa shape index (κ3) is 2.75. The second-order valence-corrected chi connectivity index (χ2v) is 4.23. The number of nitrogens with two attached hydrogens (primary N) is 1. The third-order valence-corrected chi connectivity index (χ3v) is 2.80. The van der Waals surface area contributed by atoms with Crippen molar-refractivity contribution in [2.75, 3.05) is 11.1 Å². The van der Waals surface area contributed by atoms with E-state index in [0.717, 1.165) is 5.69 Å². The Labute approximate surface area is 102 Å². The van der Waals surface area contributed by atoms with Gasteiger partial charge in [-0.2, -0.15) is 0 Å². The number of anilines is 2. The van der Waals surface area contributed by atoms with Crippen LogP contribution >= 0.6 is 0 Å². The summed E-state index contributed by atoms with van der Waals surface area (Å²) >= 11 is 0. The van der Waals surface area contributed by atoms with E-state index in [0.29, 0.717) is 5.69 Å². The van der Waals surface area contributed by atoms with Gasteiger partial charge in [-0.05, 0) is 31.0 Å². The van der Waals surface area contributed by atoms with Crippen molar-refractivity contribution in [3.05, 3.63) is 53.9 Å². The van der Waals surface area contributed by atoms with Gasteiger partial charge in [0.15, 0.2) is 0 Å². The summed E-state index contributed by atoms with van der Waals surface area (Å²) in [6, 6.07) is 10.5. The van der Waals surface area contributed by atoms with E-state index in [1.807, 2.05) is 12.1 Å². The summed E-state index contributed by atoms with van der Waals surface area (Å²) in [7, 11) is 0. The molecule has 1 aromatic heterocycles. The smallest absolute Gasteiger partial charge is 0.0552 e. The van der Waals surface area contributed by atoms with Crippen molar-refractivity contribution in [3.63, 3.8) is 0 Å². The molecule has 2 rings (SSSR count). The van der Waals surface area contributed by atoms with Crippen molar-refractivity contribution in [2.24, 2.45) is 0 Å². The maximum Gasteiger partial charge on any atom is 0.0552 e. The Kier molecular flexibility index (Phi) is 3.28. The molecule has 1 atom stereocenters. The lowest BCUT2D eigenvalue weighted by atomic mass is 10.0. The second kappa shape index (κ2) is 4.87. The zero-order valence-electron chi connectivity index (χ0n) is 10.1. The first-order chi connectivity index (χ1) is 8.16. The van der Waals surface area contributed by atoms with Crippen LogP contribution in [0.15, 0.2) is 42.7 Å². The molecule has 3 heteroatoms. The van der Waals surface area contributed by atoms with Crippen molar-refractivity contribution in [1.29, 1.82) is 0 Å². The lowest BCUT2D eigenvalue weighted by molar-refractivity contribution is 0.873. The van der Waals surface area contributed by atoms with Crippen LogP contribution in [-0.4, -0.2) is 4.98 Å². The maximum absolute atomic E-state index is 5.70. The van der Waals surface area contributed by atoms with Crippen LogP contribution in [-0.2, 0) is 0 Å². The topological polar surface area (TPSA) is 50.9 Å². The maximum atomic E-state index is 5.70. The number of aryl methyl sites for hydroxylation is 1. The Morgan fingerprint density at radius 2 is 2.00 bits per heavy atom. The van der Waals surface area contributed by atoms with Gasteiger partial charge < -0.3 is 11.1 Å². The minimum Gasteiger partial charge on any atom is -0.397 e. The average molecular weight is 227 g/mol. The summed E-state index contributed by atoms with van der Waals surface area (Å²) < 4.78 is 0. The molecule has 0 amide bonds. The highest BCUT2D eigenvalue weighted by Gasteiger charge is 2.07. The molecule has 17 heavy (non-hydrogen) atoms. The van der Waals surface area contributed by atoms with Crippen molar-refractivity contribution in [2.45, 2.75) is 19.9 Å². The zero-order chi connectivity index (χ0) is 12.3. The number of aromatic nitrogens is 1. The van der Waals surface area contributed by atoms with Gasteiger partial charge in [0.25, 0.3) is 0 Å². The number of rotatable bonds is 3. The van der Waals surface area contributed by atoms with E-state index < -0.39 is 0 Å². The van der Waals surface area contributed by atoms with Crippen molar-refractivity contribution < 1.29 is 0 Å². The molecule has 2 aromatic rings. The fraction of sp³-hybridized carbons (Fsp3) is 0.214. The molecule has 0 radical (unpaired) electrons. The van der Waals surface area contributed by atoms with Gasteiger partial charge in [0.1, 0.15) is 0 Å². The molecule has 0 spiro atoms. The molecule has 3 nitrogen and oxygen atoms in total. The molecular weight excluding hydrogens is 210 g/mol. The number of hydrogen-bond donors (Lipinski definition) is 2. The van der Waals surface area contributed by atoms with E-state index in [4.69, 9.17) is 5.73 Å². The van der Waals surface area contributed by atoms with E-state index in [2.05, 4.69) is 42.3 Å². The van der Waals surface area contributed by atoms with E-state index in [1.54, 1.807) is 12.4 Å². The van der Waals surface area contributed by atoms with Crippen molar-refractivity contribution in [3.8, 4) is 0 Å². The minimum absolute atomic E-state index is 0.236. The largest absolute Gasteiger partial charge is 0.397 e. The summed E-state index contributed by atoms with van der Waals surface area (Å²) in [5, 5.41) is 3.40. The Bertz CT molecular complexity index is 508. The van der Waals surface area contributed by atoms with Crippen molar-refractivity contribution >= 4 is 11.4 Å². The molecule has 88 valence electrons. The number of nitrogens with zero attached hydrogens (tertiary/aromatic N) is 1. The highest BCUT2D eigenvalue weighted by molar-refractivity contribution is 5.52. The first-order valence-electron chi connectivity index (χ1n) is 5.69. The molecule has 0 saturated heterocycles. The third-order valence-electron chi connectivity index (χ3n) is 2.80. The number of pyridine rings is 1. The summed E-state index contributed by atoms with van der Waals surface area (Å²) in [6.45, 7) is 4.25. The molecule has 0 aliphatic heterocycles. The van der Waals surface area contributed by atoms with Crippen LogP contribution in [0.2, 0.25) is 0 Å². The zero-order valence-corrected chi connectivity index (χ0v) is 10.1. The lowest BCUT2D eigenvalue weighted by Gasteiger charge is -2.17. The van der Waals surface area contributed by atoms with Gasteiger partial charge in [-0.1, -0.05) is 24.3 Å². The van der Waals surface area contributed by atoms with Crippen LogP contribution in [0, 0.1) is 6.92 Å². The van der Waals surface area contributed by atoms with Crippen LogP contribution in [0.25, 0.3) is 0 Å². The highest BCUT2D eigenvalue weighted by atomic mass is 14.9. The highest BCUT2D eigenvalue weighted by Crippen LogP contribution is 2.22. The van der Waals surface area contributed by atoms with Gasteiger partial charge in [0.2, 0.25) is 0 Å². The van der Waals surface area contributed by atoms with E-state index >= 15 is 0 Å². The summed E-state index contributed by atoms with van der Waals surface area (Å²) in [4.78, 5) is 4.07. The van der Waals surface area contributed by atoms with Gasteiger partial charge >= 0.3 is 0 Å². The number of benzene rings is 1. The molecule has 1 heterocycles. The number of nitrogens with one attached hydrogen (secondary N) is 1. The number of nitrogen functional groups attached to an aromatic ring is 1. The standard InChI is InChI=1S/C14H17N3/c1-10-5-3-4-6-14(10)11(2)17-13-7-12(15)8-16-9-13/h3-9,11,17H,15H2,1-2H3. The fourth-order valence-electron chi connectivity index (χ4n) is 1.94. The molecule has 0 bridgehead atoms. The summed E-state index contributed by atoms with van der Waals surface area (Å²) in [5.74, 6) is 0. The summed E-state index contributed by atoms with van der Waals surface area (Å²) in [6.07, 6.45) is 3.43. The van der Waals surface area contributed by atoms with Gasteiger partial charge in [0, 0.05) is 12.2 Å². The minimum atomic E-state index is 0.236. The van der Waals surface area contributed by atoms with Gasteiger partial charge in [0.05, 0.1) is 17.6 Å². The Hall–Kier alpha value is -2.03. The Morgan fingerprint density at radius 1 is 1.24 bits per heavy atom. The molecule has 0 aliphatic rings. The molecule has 0 aliphatic carbocycles. The van der Waals surface area contributed by atoms with Crippen LogP contribution in [0.4, 0.5) is 11.4 Å².